The summed E-state index contributed by atoms with van der Waals surface area (Å²) in [6, 6.07) is 1.59. The van der Waals surface area contributed by atoms with Gasteiger partial charge in [0.15, 0.2) is 5.65 Å². The quantitative estimate of drug-likeness (QED) is 0.584. The predicted octanol–water partition coefficient (Wildman–Crippen LogP) is -0.0364. The van der Waals surface area contributed by atoms with Gasteiger partial charge in [-0.05, 0) is 19.3 Å². The summed E-state index contributed by atoms with van der Waals surface area (Å²) in [5.41, 5.74) is 0.875. The Bertz CT molecular complexity index is 816. The molecule has 1 fully saturated rings. The third kappa shape index (κ3) is 2.41. The van der Waals surface area contributed by atoms with Gasteiger partial charge in [0.1, 0.15) is 23.2 Å². The number of amides is 2. The molecule has 0 radical (unpaired) electrons. The summed E-state index contributed by atoms with van der Waals surface area (Å²) >= 11 is 0. The molecule has 24 heavy (non-hydrogen) atoms. The SMILES string of the molecule is CNc1cc2nc3c(cnn13)C(=O)NCCCC1CC(N2)C(=O)N1. The van der Waals surface area contributed by atoms with Crippen molar-refractivity contribution in [3.63, 3.8) is 0 Å². The first-order chi connectivity index (χ1) is 11.7. The van der Waals surface area contributed by atoms with E-state index in [-0.39, 0.29) is 23.9 Å². The van der Waals surface area contributed by atoms with Crippen molar-refractivity contribution in [2.45, 2.75) is 31.3 Å². The van der Waals surface area contributed by atoms with Crippen LogP contribution in [0.3, 0.4) is 0 Å². The van der Waals surface area contributed by atoms with Crippen LogP contribution in [0.15, 0.2) is 12.3 Å². The maximum atomic E-state index is 12.4. The first-order valence-electron chi connectivity index (χ1n) is 8.07. The van der Waals surface area contributed by atoms with Crippen LogP contribution in [0.2, 0.25) is 0 Å². The van der Waals surface area contributed by atoms with Crippen molar-refractivity contribution < 1.29 is 9.59 Å². The van der Waals surface area contributed by atoms with Crippen molar-refractivity contribution in [3.8, 4) is 0 Å². The summed E-state index contributed by atoms with van der Waals surface area (Å²) in [6.07, 6.45) is 3.86. The molecule has 126 valence electrons. The van der Waals surface area contributed by atoms with Crippen LogP contribution in [0.4, 0.5) is 11.6 Å². The number of rotatable bonds is 1. The van der Waals surface area contributed by atoms with Gasteiger partial charge in [0.05, 0.1) is 6.20 Å². The molecule has 0 saturated carbocycles. The Morgan fingerprint density at radius 2 is 2.21 bits per heavy atom. The van der Waals surface area contributed by atoms with Crippen molar-refractivity contribution in [2.75, 3.05) is 24.2 Å². The lowest BCUT2D eigenvalue weighted by Gasteiger charge is -2.13. The first kappa shape index (κ1) is 14.7. The van der Waals surface area contributed by atoms with Crippen LogP contribution in [0, 0.1) is 0 Å². The molecule has 2 aromatic heterocycles. The molecule has 4 bridgehead atoms. The van der Waals surface area contributed by atoms with E-state index in [9.17, 15) is 9.59 Å². The fraction of sp³-hybridized carbons (Fsp3) is 0.467. The lowest BCUT2D eigenvalue weighted by Crippen LogP contribution is -2.32. The molecule has 2 amide bonds. The van der Waals surface area contributed by atoms with Crippen LogP contribution in [0.5, 0.6) is 0 Å². The zero-order valence-corrected chi connectivity index (χ0v) is 13.3. The van der Waals surface area contributed by atoms with Gasteiger partial charge in [-0.1, -0.05) is 0 Å². The summed E-state index contributed by atoms with van der Waals surface area (Å²) in [6.45, 7) is 0.555. The summed E-state index contributed by atoms with van der Waals surface area (Å²) in [5.74, 6) is 1.03. The number of carbonyl (C=O) groups excluding carboxylic acids is 2. The van der Waals surface area contributed by atoms with E-state index in [0.29, 0.717) is 35.8 Å². The molecule has 2 unspecified atom stereocenters. The Kier molecular flexibility index (Phi) is 3.47. The molecule has 0 spiro atoms. The number of aromatic nitrogens is 3. The monoisotopic (exact) mass is 329 g/mol. The topological polar surface area (TPSA) is 112 Å². The van der Waals surface area contributed by atoms with Gasteiger partial charge < -0.3 is 21.3 Å². The Hall–Kier alpha value is -2.84. The highest BCUT2D eigenvalue weighted by Gasteiger charge is 2.32. The third-order valence-electron chi connectivity index (χ3n) is 4.49. The number of fused-ring (bicyclic) bond motifs is 3. The fourth-order valence-electron chi connectivity index (χ4n) is 3.27. The number of carbonyl (C=O) groups is 2. The van der Waals surface area contributed by atoms with Gasteiger partial charge in [0.2, 0.25) is 5.91 Å². The van der Waals surface area contributed by atoms with Crippen LogP contribution < -0.4 is 21.3 Å². The van der Waals surface area contributed by atoms with E-state index in [1.54, 1.807) is 17.6 Å². The summed E-state index contributed by atoms with van der Waals surface area (Å²) in [5, 5.41) is 16.4. The molecule has 2 aliphatic heterocycles. The number of hydrogen-bond donors (Lipinski definition) is 4. The van der Waals surface area contributed by atoms with Crippen LogP contribution >= 0.6 is 0 Å². The van der Waals surface area contributed by atoms with Gasteiger partial charge in [-0.2, -0.15) is 9.61 Å². The molecule has 4 N–H and O–H groups in total. The Morgan fingerprint density at radius 1 is 1.33 bits per heavy atom. The lowest BCUT2D eigenvalue weighted by molar-refractivity contribution is -0.120. The number of anilines is 2. The average Bonchev–Trinajstić information content (AvgIpc) is 3.14. The maximum absolute atomic E-state index is 12.4. The Labute approximate surface area is 138 Å². The van der Waals surface area contributed by atoms with Crippen LogP contribution in [-0.4, -0.2) is 52.1 Å². The van der Waals surface area contributed by atoms with E-state index in [2.05, 4.69) is 31.3 Å². The van der Waals surface area contributed by atoms with Gasteiger partial charge in [-0.15, -0.1) is 0 Å². The second-order valence-corrected chi connectivity index (χ2v) is 6.11. The van der Waals surface area contributed by atoms with Gasteiger partial charge in [0, 0.05) is 25.7 Å². The molecule has 4 rings (SSSR count). The van der Waals surface area contributed by atoms with Crippen molar-refractivity contribution >= 4 is 29.1 Å². The van der Waals surface area contributed by atoms with E-state index < -0.39 is 0 Å². The maximum Gasteiger partial charge on any atom is 0.256 e. The number of nitrogens with one attached hydrogen (secondary N) is 4. The predicted molar refractivity (Wildman–Crippen MR) is 88.1 cm³/mol. The van der Waals surface area contributed by atoms with Crippen molar-refractivity contribution in [3.05, 3.63) is 17.8 Å². The van der Waals surface area contributed by atoms with Gasteiger partial charge >= 0.3 is 0 Å². The highest BCUT2D eigenvalue weighted by molar-refractivity contribution is 6.00. The van der Waals surface area contributed by atoms with E-state index in [4.69, 9.17) is 0 Å². The summed E-state index contributed by atoms with van der Waals surface area (Å²) in [4.78, 5) is 29.0. The van der Waals surface area contributed by atoms with E-state index in [0.717, 1.165) is 12.8 Å². The van der Waals surface area contributed by atoms with Crippen LogP contribution in [0.25, 0.3) is 5.65 Å². The zero-order chi connectivity index (χ0) is 16.7. The first-order valence-corrected chi connectivity index (χ1v) is 8.07. The summed E-state index contributed by atoms with van der Waals surface area (Å²) in [7, 11) is 1.77. The fourth-order valence-corrected chi connectivity index (χ4v) is 3.27. The molecule has 9 nitrogen and oxygen atoms in total. The molecule has 2 aromatic rings. The minimum atomic E-state index is -0.314. The van der Waals surface area contributed by atoms with E-state index >= 15 is 0 Å². The van der Waals surface area contributed by atoms with Gasteiger partial charge in [-0.25, -0.2) is 4.98 Å². The number of hydrogen-bond acceptors (Lipinski definition) is 6. The molecule has 0 aromatic carbocycles. The molecule has 9 heteroatoms. The van der Waals surface area contributed by atoms with Crippen molar-refractivity contribution in [1.82, 2.24) is 25.2 Å². The highest BCUT2D eigenvalue weighted by Crippen LogP contribution is 2.22. The van der Waals surface area contributed by atoms with Crippen LogP contribution in [-0.2, 0) is 4.79 Å². The Morgan fingerprint density at radius 3 is 3.04 bits per heavy atom. The molecular formula is C15H19N7O2. The van der Waals surface area contributed by atoms with Crippen LogP contribution in [0.1, 0.15) is 29.6 Å². The lowest BCUT2D eigenvalue weighted by atomic mass is 10.1. The standard InChI is InChI=1S/C15H19N7O2/c1-16-12-6-11-20-10-5-8(19-15(10)24)3-2-4-17-14(23)9-7-18-22(12)13(9)21-11/h6-8,10,16H,2-5H2,1H3,(H,17,23)(H,19,24)(H,20,21). The smallest absolute Gasteiger partial charge is 0.256 e. The normalized spacial score (nSPS) is 23.7. The van der Waals surface area contributed by atoms with Gasteiger partial charge in [0.25, 0.3) is 5.91 Å². The minimum Gasteiger partial charge on any atom is -0.373 e. The molecule has 2 aliphatic rings. The molecule has 0 aliphatic carbocycles. The third-order valence-corrected chi connectivity index (χ3v) is 4.49. The van der Waals surface area contributed by atoms with E-state index in [1.165, 1.54) is 6.20 Å². The second kappa shape index (κ2) is 5.66. The highest BCUT2D eigenvalue weighted by atomic mass is 16.2. The second-order valence-electron chi connectivity index (χ2n) is 6.11. The largest absolute Gasteiger partial charge is 0.373 e. The molecular weight excluding hydrogens is 310 g/mol. The summed E-state index contributed by atoms with van der Waals surface area (Å²) < 4.78 is 1.58. The molecule has 4 heterocycles. The average molecular weight is 329 g/mol. The van der Waals surface area contributed by atoms with E-state index in [1.807, 2.05) is 0 Å². The van der Waals surface area contributed by atoms with Crippen molar-refractivity contribution in [2.24, 2.45) is 0 Å². The number of nitrogens with zero attached hydrogens (tertiary/aromatic N) is 3. The molecule has 2 atom stereocenters. The zero-order valence-electron chi connectivity index (χ0n) is 13.3. The minimum absolute atomic E-state index is 0.0116. The molecule has 1 saturated heterocycles. The Balaban J connectivity index is 1.81. The van der Waals surface area contributed by atoms with Gasteiger partial charge in [-0.3, -0.25) is 9.59 Å². The van der Waals surface area contributed by atoms with Crippen molar-refractivity contribution in [1.29, 1.82) is 0 Å².